The van der Waals surface area contributed by atoms with Crippen LogP contribution in [0.15, 0.2) is 79.0 Å². The highest BCUT2D eigenvalue weighted by Gasteiger charge is 2.27. The molecule has 0 radical (unpaired) electrons. The number of benzene rings is 2. The molecule has 1 aromatic heterocycles. The predicted molar refractivity (Wildman–Crippen MR) is 98.9 cm³/mol. The monoisotopic (exact) mass is 332 g/mol. The quantitative estimate of drug-likeness (QED) is 0.712. The van der Waals surface area contributed by atoms with Crippen molar-refractivity contribution in [3.63, 3.8) is 0 Å². The van der Waals surface area contributed by atoms with E-state index in [0.29, 0.717) is 0 Å². The fraction of sp³-hybridized carbons (Fsp3) is 0.143. The van der Waals surface area contributed by atoms with Gasteiger partial charge in [-0.2, -0.15) is 0 Å². The van der Waals surface area contributed by atoms with Gasteiger partial charge >= 0.3 is 0 Å². The van der Waals surface area contributed by atoms with Crippen molar-refractivity contribution >= 4 is 11.6 Å². The summed E-state index contributed by atoms with van der Waals surface area (Å²) in [6.07, 6.45) is 1.71. The van der Waals surface area contributed by atoms with Gasteiger partial charge < -0.3 is 9.64 Å². The first-order valence-corrected chi connectivity index (χ1v) is 8.08. The molecule has 1 unspecified atom stereocenters. The normalized spacial score (nSPS) is 11.6. The molecule has 2 aromatic carbocycles. The number of nitrogens with zero attached hydrogens (tertiary/aromatic N) is 2. The Morgan fingerprint density at radius 3 is 2.24 bits per heavy atom. The number of rotatable bonds is 5. The molecule has 0 fully saturated rings. The maximum absolute atomic E-state index is 13.3. The highest BCUT2D eigenvalue weighted by Crippen LogP contribution is 2.28. The lowest BCUT2D eigenvalue weighted by Gasteiger charge is -2.24. The molecular weight excluding hydrogens is 312 g/mol. The summed E-state index contributed by atoms with van der Waals surface area (Å²) in [4.78, 5) is 19.3. The number of carbonyl (C=O) groups excluding carboxylic acids is 1. The van der Waals surface area contributed by atoms with Gasteiger partial charge in [-0.05, 0) is 42.0 Å². The van der Waals surface area contributed by atoms with E-state index in [1.807, 2.05) is 72.8 Å². The third-order valence-corrected chi connectivity index (χ3v) is 4.15. The van der Waals surface area contributed by atoms with Crippen molar-refractivity contribution in [3.05, 3.63) is 90.3 Å². The Morgan fingerprint density at radius 1 is 0.960 bits per heavy atom. The van der Waals surface area contributed by atoms with Gasteiger partial charge in [0.1, 0.15) is 11.7 Å². The van der Waals surface area contributed by atoms with Gasteiger partial charge in [-0.1, -0.05) is 36.4 Å². The molecule has 0 saturated heterocycles. The first-order chi connectivity index (χ1) is 12.2. The summed E-state index contributed by atoms with van der Waals surface area (Å²) in [6.45, 7) is 0. The van der Waals surface area contributed by atoms with Crippen molar-refractivity contribution in [2.45, 2.75) is 5.92 Å². The molecule has 4 nitrogen and oxygen atoms in total. The van der Waals surface area contributed by atoms with E-state index in [4.69, 9.17) is 4.74 Å². The number of para-hydroxylation sites is 1. The summed E-state index contributed by atoms with van der Waals surface area (Å²) in [5.74, 6) is 0.250. The maximum Gasteiger partial charge on any atom is 0.240 e. The van der Waals surface area contributed by atoms with E-state index in [1.54, 1.807) is 25.3 Å². The highest BCUT2D eigenvalue weighted by molar-refractivity contribution is 5.99. The van der Waals surface area contributed by atoms with Crippen molar-refractivity contribution in [2.75, 3.05) is 19.1 Å². The lowest BCUT2D eigenvalue weighted by molar-refractivity contribution is -0.119. The number of anilines is 1. The number of hydrogen-bond donors (Lipinski definition) is 0. The third-order valence-electron chi connectivity index (χ3n) is 4.15. The van der Waals surface area contributed by atoms with E-state index in [1.165, 1.54) is 0 Å². The van der Waals surface area contributed by atoms with Gasteiger partial charge in [0.25, 0.3) is 0 Å². The molecule has 126 valence electrons. The van der Waals surface area contributed by atoms with Crippen LogP contribution in [0.4, 0.5) is 5.69 Å². The molecule has 0 aliphatic rings. The Balaban J connectivity index is 2.00. The second-order valence-electron chi connectivity index (χ2n) is 5.69. The van der Waals surface area contributed by atoms with Crippen molar-refractivity contribution < 1.29 is 9.53 Å². The maximum atomic E-state index is 13.3. The molecule has 0 aliphatic carbocycles. The first kappa shape index (κ1) is 16.7. The largest absolute Gasteiger partial charge is 0.497 e. The van der Waals surface area contributed by atoms with E-state index >= 15 is 0 Å². The Morgan fingerprint density at radius 2 is 1.64 bits per heavy atom. The first-order valence-electron chi connectivity index (χ1n) is 8.08. The van der Waals surface area contributed by atoms with Gasteiger partial charge in [0.05, 0.1) is 12.8 Å². The fourth-order valence-electron chi connectivity index (χ4n) is 2.76. The average Bonchev–Trinajstić information content (AvgIpc) is 2.69. The highest BCUT2D eigenvalue weighted by atomic mass is 16.5. The van der Waals surface area contributed by atoms with Crippen molar-refractivity contribution in [3.8, 4) is 5.75 Å². The molecule has 3 aromatic rings. The smallest absolute Gasteiger partial charge is 0.240 e. The third kappa shape index (κ3) is 3.69. The second kappa shape index (κ2) is 7.62. The summed E-state index contributed by atoms with van der Waals surface area (Å²) >= 11 is 0. The van der Waals surface area contributed by atoms with E-state index in [9.17, 15) is 4.79 Å². The van der Waals surface area contributed by atoms with Crippen LogP contribution in [0.5, 0.6) is 5.75 Å². The standard InChI is InChI=1S/C21H20N2O2/c1-23(17-8-4-3-5-9-17)21(24)20(19-10-6-7-15-22-19)16-11-13-18(25-2)14-12-16/h3-15,20H,1-2H3. The van der Waals surface area contributed by atoms with E-state index in [-0.39, 0.29) is 5.91 Å². The molecule has 1 atom stereocenters. The molecule has 0 aliphatic heterocycles. The van der Waals surface area contributed by atoms with E-state index < -0.39 is 5.92 Å². The van der Waals surface area contributed by atoms with Crippen LogP contribution < -0.4 is 9.64 Å². The summed E-state index contributed by atoms with van der Waals surface area (Å²) < 4.78 is 5.22. The molecule has 1 amide bonds. The molecule has 25 heavy (non-hydrogen) atoms. The number of hydrogen-bond acceptors (Lipinski definition) is 3. The van der Waals surface area contributed by atoms with Crippen LogP contribution in [-0.4, -0.2) is 25.0 Å². The Bertz CT molecular complexity index is 818. The minimum atomic E-state index is -0.475. The topological polar surface area (TPSA) is 42.4 Å². The summed E-state index contributed by atoms with van der Waals surface area (Å²) in [5, 5.41) is 0. The number of methoxy groups -OCH3 is 1. The van der Waals surface area contributed by atoms with Crippen LogP contribution in [-0.2, 0) is 4.79 Å². The molecule has 3 rings (SSSR count). The van der Waals surface area contributed by atoms with Crippen LogP contribution >= 0.6 is 0 Å². The lowest BCUT2D eigenvalue weighted by atomic mass is 9.93. The Labute approximate surface area is 147 Å². The number of amides is 1. The number of likely N-dealkylation sites (N-methyl/N-ethyl adjacent to an activating group) is 1. The van der Waals surface area contributed by atoms with Gasteiger partial charge in [0.15, 0.2) is 0 Å². The molecule has 4 heteroatoms. The van der Waals surface area contributed by atoms with E-state index in [2.05, 4.69) is 4.98 Å². The lowest BCUT2D eigenvalue weighted by Crippen LogP contribution is -2.32. The fourth-order valence-corrected chi connectivity index (χ4v) is 2.76. The van der Waals surface area contributed by atoms with Gasteiger partial charge in [-0.3, -0.25) is 9.78 Å². The summed E-state index contributed by atoms with van der Waals surface area (Å²) in [5.41, 5.74) is 2.45. The van der Waals surface area contributed by atoms with E-state index in [0.717, 1.165) is 22.7 Å². The number of carbonyl (C=O) groups is 1. The van der Waals surface area contributed by atoms with Crippen LogP contribution in [0.2, 0.25) is 0 Å². The van der Waals surface area contributed by atoms with Gasteiger partial charge in [-0.25, -0.2) is 0 Å². The molecule has 0 saturated carbocycles. The second-order valence-corrected chi connectivity index (χ2v) is 5.69. The SMILES string of the molecule is COc1ccc(C(C(=O)N(C)c2ccccc2)c2ccccn2)cc1. The zero-order valence-corrected chi connectivity index (χ0v) is 14.3. The zero-order valence-electron chi connectivity index (χ0n) is 14.3. The number of ether oxygens (including phenoxy) is 1. The van der Waals surface area contributed by atoms with Crippen LogP contribution in [0.25, 0.3) is 0 Å². The minimum Gasteiger partial charge on any atom is -0.497 e. The van der Waals surface area contributed by atoms with Crippen molar-refractivity contribution in [2.24, 2.45) is 0 Å². The number of pyridine rings is 1. The zero-order chi connectivity index (χ0) is 17.6. The Hall–Kier alpha value is -3.14. The van der Waals surface area contributed by atoms with Crippen LogP contribution in [0.3, 0.4) is 0 Å². The molecule has 0 spiro atoms. The number of aromatic nitrogens is 1. The Kier molecular flexibility index (Phi) is 5.09. The molecule has 0 bridgehead atoms. The van der Waals surface area contributed by atoms with Gasteiger partial charge in [0, 0.05) is 18.9 Å². The van der Waals surface area contributed by atoms with Crippen LogP contribution in [0, 0.1) is 0 Å². The predicted octanol–water partition coefficient (Wildman–Crippen LogP) is 3.89. The van der Waals surface area contributed by atoms with Gasteiger partial charge in [-0.15, -0.1) is 0 Å². The minimum absolute atomic E-state index is 0.0323. The van der Waals surface area contributed by atoms with Crippen LogP contribution in [0.1, 0.15) is 17.2 Å². The van der Waals surface area contributed by atoms with Gasteiger partial charge in [0.2, 0.25) is 5.91 Å². The average molecular weight is 332 g/mol. The molecule has 0 N–H and O–H groups in total. The summed E-state index contributed by atoms with van der Waals surface area (Å²) in [6, 6.07) is 22.8. The summed E-state index contributed by atoms with van der Waals surface area (Å²) in [7, 11) is 3.41. The van der Waals surface area contributed by atoms with Crippen molar-refractivity contribution in [1.82, 2.24) is 4.98 Å². The van der Waals surface area contributed by atoms with Crippen molar-refractivity contribution in [1.29, 1.82) is 0 Å². The molecular formula is C21H20N2O2. The molecule has 1 heterocycles.